The number of carbonyl (C=O) groups is 4. The van der Waals surface area contributed by atoms with E-state index >= 15 is 0 Å². The first-order chi connectivity index (χ1) is 14.3. The van der Waals surface area contributed by atoms with Crippen molar-refractivity contribution in [2.75, 3.05) is 39.5 Å². The van der Waals surface area contributed by atoms with Crippen LogP contribution in [0.5, 0.6) is 5.75 Å². The standard InChI is InChI=1S/C18H16Cl2N2O7S/c19-11-5-10(6-12(20)16(11)29-9-15(24)25)7-13-17(26)22(18(27)30-13)8-14(23)21-1-3-28-4-2-21/h5-7H,1-4,8-9H2,(H,24,25)/b13-7-. The van der Waals surface area contributed by atoms with Gasteiger partial charge in [0.2, 0.25) is 5.91 Å². The Hall–Kier alpha value is -2.27. The number of morpholine rings is 1. The summed E-state index contributed by atoms with van der Waals surface area (Å²) in [5.41, 5.74) is 0.415. The Morgan fingerprint density at radius 3 is 2.43 bits per heavy atom. The van der Waals surface area contributed by atoms with E-state index in [1.54, 1.807) is 4.90 Å². The summed E-state index contributed by atoms with van der Waals surface area (Å²) >= 11 is 12.9. The lowest BCUT2D eigenvalue weighted by atomic mass is 10.2. The van der Waals surface area contributed by atoms with Crippen LogP contribution in [0.1, 0.15) is 5.56 Å². The summed E-state index contributed by atoms with van der Waals surface area (Å²) in [5.74, 6) is -2.11. The highest BCUT2D eigenvalue weighted by Crippen LogP contribution is 2.37. The van der Waals surface area contributed by atoms with E-state index in [-0.39, 0.29) is 33.2 Å². The predicted molar refractivity (Wildman–Crippen MR) is 110 cm³/mol. The van der Waals surface area contributed by atoms with Crippen LogP contribution in [0, 0.1) is 0 Å². The second-order valence-corrected chi connectivity index (χ2v) is 8.06. The van der Waals surface area contributed by atoms with Crippen molar-refractivity contribution in [2.45, 2.75) is 0 Å². The fourth-order valence-electron chi connectivity index (χ4n) is 2.77. The molecule has 1 N–H and O–H groups in total. The smallest absolute Gasteiger partial charge is 0.341 e. The first-order valence-corrected chi connectivity index (χ1v) is 10.3. The lowest BCUT2D eigenvalue weighted by molar-refractivity contribution is -0.139. The molecule has 2 saturated heterocycles. The predicted octanol–water partition coefficient (Wildman–Crippen LogP) is 2.35. The van der Waals surface area contributed by atoms with Crippen LogP contribution in [0.4, 0.5) is 4.79 Å². The van der Waals surface area contributed by atoms with E-state index in [1.807, 2.05) is 0 Å². The number of thioether (sulfide) groups is 1. The molecule has 0 bridgehead atoms. The summed E-state index contributed by atoms with van der Waals surface area (Å²) in [6, 6.07) is 2.86. The molecule has 0 unspecified atom stereocenters. The first-order valence-electron chi connectivity index (χ1n) is 8.71. The van der Waals surface area contributed by atoms with Gasteiger partial charge in [0.1, 0.15) is 6.54 Å². The number of imide groups is 1. The van der Waals surface area contributed by atoms with Gasteiger partial charge in [0.25, 0.3) is 11.1 Å². The van der Waals surface area contributed by atoms with Crippen LogP contribution >= 0.6 is 35.0 Å². The number of aliphatic carboxylic acids is 1. The largest absolute Gasteiger partial charge is 0.479 e. The third kappa shape index (κ3) is 5.25. The van der Waals surface area contributed by atoms with Gasteiger partial charge in [-0.05, 0) is 35.5 Å². The topological polar surface area (TPSA) is 113 Å². The number of rotatable bonds is 6. The van der Waals surface area contributed by atoms with Crippen molar-refractivity contribution in [1.29, 1.82) is 0 Å². The molecule has 0 spiro atoms. The van der Waals surface area contributed by atoms with Crippen molar-refractivity contribution in [3.8, 4) is 5.75 Å². The maximum Gasteiger partial charge on any atom is 0.341 e. The van der Waals surface area contributed by atoms with Gasteiger partial charge in [-0.15, -0.1) is 0 Å². The number of amides is 3. The van der Waals surface area contributed by atoms with Gasteiger partial charge in [-0.25, -0.2) is 4.79 Å². The van der Waals surface area contributed by atoms with Crippen LogP contribution in [0.2, 0.25) is 10.0 Å². The molecule has 12 heteroatoms. The molecule has 30 heavy (non-hydrogen) atoms. The van der Waals surface area contributed by atoms with Crippen molar-refractivity contribution < 1.29 is 33.8 Å². The van der Waals surface area contributed by atoms with Gasteiger partial charge in [-0.1, -0.05) is 23.2 Å². The van der Waals surface area contributed by atoms with E-state index in [1.165, 1.54) is 18.2 Å². The third-order valence-electron chi connectivity index (χ3n) is 4.19. The first kappa shape index (κ1) is 22.4. The lowest BCUT2D eigenvalue weighted by Gasteiger charge is -2.28. The quantitative estimate of drug-likeness (QED) is 0.624. The Morgan fingerprint density at radius 1 is 1.20 bits per heavy atom. The van der Waals surface area contributed by atoms with Crippen LogP contribution < -0.4 is 4.74 Å². The molecule has 0 aromatic heterocycles. The summed E-state index contributed by atoms with van der Waals surface area (Å²) in [6.45, 7) is 0.708. The van der Waals surface area contributed by atoms with Crippen LogP contribution in [0.15, 0.2) is 17.0 Å². The van der Waals surface area contributed by atoms with E-state index in [0.29, 0.717) is 43.6 Å². The van der Waals surface area contributed by atoms with Gasteiger partial charge in [0.05, 0.1) is 28.2 Å². The molecule has 0 saturated carbocycles. The Morgan fingerprint density at radius 2 is 1.83 bits per heavy atom. The lowest BCUT2D eigenvalue weighted by Crippen LogP contribution is -2.46. The maximum atomic E-state index is 12.6. The minimum Gasteiger partial charge on any atom is -0.479 e. The van der Waals surface area contributed by atoms with Gasteiger partial charge in [0.15, 0.2) is 12.4 Å². The Kier molecular flexibility index (Phi) is 7.24. The van der Waals surface area contributed by atoms with Gasteiger partial charge < -0.3 is 19.5 Å². The fourth-order valence-corrected chi connectivity index (χ4v) is 4.22. The minimum absolute atomic E-state index is 0.00194. The zero-order valence-corrected chi connectivity index (χ0v) is 17.8. The zero-order chi connectivity index (χ0) is 21.8. The van der Waals surface area contributed by atoms with Crippen molar-refractivity contribution in [3.63, 3.8) is 0 Å². The molecule has 3 rings (SSSR count). The number of carboxylic acid groups (broad SMARTS) is 1. The molecule has 2 aliphatic rings. The molecule has 2 aliphatic heterocycles. The number of halogens is 2. The maximum absolute atomic E-state index is 12.6. The molecule has 3 amide bonds. The SMILES string of the molecule is O=C(O)COc1c(Cl)cc(/C=C2\SC(=O)N(CC(=O)N3CCOCC3)C2=O)cc1Cl. The van der Waals surface area contributed by atoms with Crippen LogP contribution in [-0.2, 0) is 19.1 Å². The molecule has 0 radical (unpaired) electrons. The van der Waals surface area contributed by atoms with Crippen molar-refractivity contribution in [3.05, 3.63) is 32.6 Å². The van der Waals surface area contributed by atoms with E-state index in [2.05, 4.69) is 0 Å². The fraction of sp³-hybridized carbons (Fsp3) is 0.333. The number of benzene rings is 1. The molecule has 9 nitrogen and oxygen atoms in total. The van der Waals surface area contributed by atoms with Gasteiger partial charge in [-0.3, -0.25) is 19.3 Å². The normalized spacial score (nSPS) is 18.3. The Bertz CT molecular complexity index is 908. The average Bonchev–Trinajstić information content (AvgIpc) is 2.95. The summed E-state index contributed by atoms with van der Waals surface area (Å²) in [4.78, 5) is 50.4. The monoisotopic (exact) mass is 474 g/mol. The van der Waals surface area contributed by atoms with Crippen LogP contribution in [0.3, 0.4) is 0 Å². The van der Waals surface area contributed by atoms with Gasteiger partial charge in [-0.2, -0.15) is 0 Å². The summed E-state index contributed by atoms with van der Waals surface area (Å²) in [6.07, 6.45) is 1.42. The molecular weight excluding hydrogens is 459 g/mol. The number of carbonyl (C=O) groups excluding carboxylic acids is 3. The van der Waals surface area contributed by atoms with E-state index in [9.17, 15) is 19.2 Å². The molecular formula is C18H16Cl2N2O7S. The highest BCUT2D eigenvalue weighted by atomic mass is 35.5. The highest BCUT2D eigenvalue weighted by Gasteiger charge is 2.37. The molecule has 1 aromatic rings. The molecule has 2 heterocycles. The van der Waals surface area contributed by atoms with E-state index < -0.39 is 23.7 Å². The highest BCUT2D eigenvalue weighted by molar-refractivity contribution is 8.18. The minimum atomic E-state index is -1.19. The average molecular weight is 475 g/mol. The number of carboxylic acids is 1. The molecule has 1 aromatic carbocycles. The Balaban J connectivity index is 1.73. The molecule has 160 valence electrons. The second-order valence-electron chi connectivity index (χ2n) is 6.26. The van der Waals surface area contributed by atoms with Crippen molar-refractivity contribution in [2.24, 2.45) is 0 Å². The van der Waals surface area contributed by atoms with Gasteiger partial charge >= 0.3 is 5.97 Å². The summed E-state index contributed by atoms with van der Waals surface area (Å²) < 4.78 is 10.2. The second kappa shape index (κ2) is 9.69. The zero-order valence-electron chi connectivity index (χ0n) is 15.4. The number of nitrogens with zero attached hydrogens (tertiary/aromatic N) is 2. The Labute approximate surface area is 185 Å². The summed E-state index contributed by atoms with van der Waals surface area (Å²) in [7, 11) is 0. The number of ether oxygens (including phenoxy) is 2. The molecule has 0 aliphatic carbocycles. The molecule has 0 atom stereocenters. The van der Waals surface area contributed by atoms with Crippen molar-refractivity contribution >= 4 is 64.1 Å². The number of hydrogen-bond acceptors (Lipinski definition) is 7. The van der Waals surface area contributed by atoms with E-state index in [0.717, 1.165) is 4.90 Å². The molecule has 2 fully saturated rings. The van der Waals surface area contributed by atoms with Gasteiger partial charge in [0, 0.05) is 13.1 Å². The van der Waals surface area contributed by atoms with E-state index in [4.69, 9.17) is 37.8 Å². The van der Waals surface area contributed by atoms with Crippen LogP contribution in [-0.4, -0.2) is 77.4 Å². The van der Waals surface area contributed by atoms with Crippen molar-refractivity contribution in [1.82, 2.24) is 9.80 Å². The van der Waals surface area contributed by atoms with Crippen LogP contribution in [0.25, 0.3) is 6.08 Å². The third-order valence-corrected chi connectivity index (χ3v) is 5.66. The number of hydrogen-bond donors (Lipinski definition) is 1. The summed E-state index contributed by atoms with van der Waals surface area (Å²) in [5, 5.41) is 8.25.